The third-order valence-corrected chi connectivity index (χ3v) is 5.67. The lowest BCUT2D eigenvalue weighted by molar-refractivity contribution is 0.102. The summed E-state index contributed by atoms with van der Waals surface area (Å²) in [4.78, 5) is 16.7. The van der Waals surface area contributed by atoms with Crippen LogP contribution in [0.2, 0.25) is 0 Å². The van der Waals surface area contributed by atoms with E-state index in [1.54, 1.807) is 16.9 Å². The molecule has 1 amide bonds. The van der Waals surface area contributed by atoms with Crippen molar-refractivity contribution in [1.82, 2.24) is 15.0 Å². The van der Waals surface area contributed by atoms with Gasteiger partial charge in [0, 0.05) is 30.0 Å². The van der Waals surface area contributed by atoms with E-state index in [0.29, 0.717) is 11.3 Å². The van der Waals surface area contributed by atoms with Gasteiger partial charge in [-0.2, -0.15) is 4.80 Å². The van der Waals surface area contributed by atoms with Gasteiger partial charge in [-0.05, 0) is 101 Å². The lowest BCUT2D eigenvalue weighted by Gasteiger charge is -2.20. The van der Waals surface area contributed by atoms with Gasteiger partial charge < -0.3 is 15.0 Å². The highest BCUT2D eigenvalue weighted by molar-refractivity contribution is 6.05. The van der Waals surface area contributed by atoms with Crippen molar-refractivity contribution in [3.8, 4) is 11.4 Å². The van der Waals surface area contributed by atoms with Crippen LogP contribution in [0, 0.1) is 6.92 Å². The van der Waals surface area contributed by atoms with Crippen molar-refractivity contribution >= 4 is 28.3 Å². The molecule has 34 heavy (non-hydrogen) atoms. The lowest BCUT2D eigenvalue weighted by Crippen LogP contribution is -2.21. The highest BCUT2D eigenvalue weighted by Gasteiger charge is 2.13. The van der Waals surface area contributed by atoms with Crippen LogP contribution < -0.4 is 15.0 Å². The summed E-state index contributed by atoms with van der Waals surface area (Å²) in [6.07, 6.45) is 0.0859. The van der Waals surface area contributed by atoms with Gasteiger partial charge in [0.15, 0.2) is 0 Å². The largest absolute Gasteiger partial charge is 0.491 e. The molecule has 0 aliphatic carbocycles. The van der Waals surface area contributed by atoms with Gasteiger partial charge in [0.05, 0.1) is 11.8 Å². The Kier molecular flexibility index (Phi) is 6.82. The van der Waals surface area contributed by atoms with E-state index in [1.165, 1.54) is 5.69 Å². The van der Waals surface area contributed by atoms with E-state index in [2.05, 4.69) is 46.4 Å². The third-order valence-electron chi connectivity index (χ3n) is 5.67. The van der Waals surface area contributed by atoms with E-state index in [-0.39, 0.29) is 12.0 Å². The van der Waals surface area contributed by atoms with Crippen molar-refractivity contribution in [2.75, 3.05) is 23.3 Å². The number of nitrogens with one attached hydrogen (secondary N) is 1. The molecular formula is C27H31N5O2. The maximum atomic E-state index is 12.8. The number of nitrogens with zero attached hydrogens (tertiary/aromatic N) is 4. The number of ether oxygens (including phenoxy) is 1. The zero-order chi connectivity index (χ0) is 24.2. The Morgan fingerprint density at radius 1 is 0.971 bits per heavy atom. The van der Waals surface area contributed by atoms with Crippen molar-refractivity contribution in [1.29, 1.82) is 0 Å². The van der Waals surface area contributed by atoms with Crippen molar-refractivity contribution in [3.63, 3.8) is 0 Å². The highest BCUT2D eigenvalue weighted by atomic mass is 16.5. The van der Waals surface area contributed by atoms with Gasteiger partial charge in [0.25, 0.3) is 5.91 Å². The summed E-state index contributed by atoms with van der Waals surface area (Å²) in [5.74, 6) is 0.559. The van der Waals surface area contributed by atoms with E-state index in [0.717, 1.165) is 41.1 Å². The van der Waals surface area contributed by atoms with Crippen LogP contribution in [0.4, 0.5) is 11.4 Å². The summed E-state index contributed by atoms with van der Waals surface area (Å²) < 4.78 is 5.65. The fraction of sp³-hybridized carbons (Fsp3) is 0.296. The fourth-order valence-electron chi connectivity index (χ4n) is 3.86. The predicted octanol–water partition coefficient (Wildman–Crippen LogP) is 5.61. The number of benzene rings is 3. The molecule has 0 aliphatic rings. The van der Waals surface area contributed by atoms with Gasteiger partial charge in [0.2, 0.25) is 0 Å². The molecule has 3 aromatic carbocycles. The Hall–Kier alpha value is -3.87. The van der Waals surface area contributed by atoms with Crippen LogP contribution >= 0.6 is 0 Å². The smallest absolute Gasteiger partial charge is 0.255 e. The number of hydrogen-bond acceptors (Lipinski definition) is 5. The van der Waals surface area contributed by atoms with Crippen molar-refractivity contribution < 1.29 is 9.53 Å². The van der Waals surface area contributed by atoms with E-state index in [1.807, 2.05) is 57.2 Å². The summed E-state index contributed by atoms with van der Waals surface area (Å²) in [6.45, 7) is 12.1. The summed E-state index contributed by atoms with van der Waals surface area (Å²) in [7, 11) is 0. The quantitative estimate of drug-likeness (QED) is 0.372. The first-order valence-electron chi connectivity index (χ1n) is 11.7. The van der Waals surface area contributed by atoms with Crippen LogP contribution in [-0.4, -0.2) is 40.1 Å². The first-order valence-corrected chi connectivity index (χ1v) is 11.7. The van der Waals surface area contributed by atoms with Gasteiger partial charge in [0.1, 0.15) is 16.8 Å². The standard InChI is InChI=1S/C27H31N5O2/c1-6-31(7-2)21-10-12-22(13-11-21)32-29-25-16-19(5)24(17-26(25)30-32)28-27(33)20-8-14-23(15-9-20)34-18(3)4/h8-18H,6-7H2,1-5H3,(H,28,33). The lowest BCUT2D eigenvalue weighted by atomic mass is 10.1. The zero-order valence-corrected chi connectivity index (χ0v) is 20.4. The molecule has 176 valence electrons. The average Bonchev–Trinajstić information content (AvgIpc) is 3.23. The maximum absolute atomic E-state index is 12.8. The molecule has 0 saturated carbocycles. The number of rotatable bonds is 8. The van der Waals surface area contributed by atoms with E-state index in [9.17, 15) is 4.79 Å². The molecule has 1 heterocycles. The SMILES string of the molecule is CCN(CC)c1ccc(-n2nc3cc(C)c(NC(=O)c4ccc(OC(C)C)cc4)cc3n2)cc1. The van der Waals surface area contributed by atoms with E-state index >= 15 is 0 Å². The zero-order valence-electron chi connectivity index (χ0n) is 20.4. The second kappa shape index (κ2) is 9.95. The molecule has 7 heteroatoms. The highest BCUT2D eigenvalue weighted by Crippen LogP contribution is 2.24. The molecule has 0 fully saturated rings. The molecule has 0 bridgehead atoms. The molecule has 0 atom stereocenters. The Morgan fingerprint density at radius 3 is 2.18 bits per heavy atom. The second-order valence-corrected chi connectivity index (χ2v) is 8.48. The number of carbonyl (C=O) groups is 1. The molecule has 0 spiro atoms. The molecule has 0 unspecified atom stereocenters. The molecule has 0 radical (unpaired) electrons. The van der Waals surface area contributed by atoms with Gasteiger partial charge in [-0.25, -0.2) is 0 Å². The van der Waals surface area contributed by atoms with Crippen LogP contribution in [0.25, 0.3) is 16.7 Å². The third kappa shape index (κ3) is 5.03. The molecule has 0 aliphatic heterocycles. The molecule has 4 rings (SSSR count). The number of aryl methyl sites for hydroxylation is 1. The normalized spacial score (nSPS) is 11.1. The van der Waals surface area contributed by atoms with Gasteiger partial charge in [-0.15, -0.1) is 10.2 Å². The molecule has 1 aromatic heterocycles. The van der Waals surface area contributed by atoms with Crippen LogP contribution in [0.3, 0.4) is 0 Å². The predicted molar refractivity (Wildman–Crippen MR) is 137 cm³/mol. The van der Waals surface area contributed by atoms with E-state index < -0.39 is 0 Å². The average molecular weight is 458 g/mol. The number of amides is 1. The number of carbonyl (C=O) groups excluding carboxylic acids is 1. The second-order valence-electron chi connectivity index (χ2n) is 8.48. The monoisotopic (exact) mass is 457 g/mol. The molecular weight excluding hydrogens is 426 g/mol. The summed E-state index contributed by atoms with van der Waals surface area (Å²) in [6, 6.07) is 19.2. The number of hydrogen-bond donors (Lipinski definition) is 1. The Balaban J connectivity index is 1.54. The minimum absolute atomic E-state index is 0.0859. The van der Waals surface area contributed by atoms with Gasteiger partial charge in [-0.1, -0.05) is 0 Å². The Morgan fingerprint density at radius 2 is 1.59 bits per heavy atom. The maximum Gasteiger partial charge on any atom is 0.255 e. The van der Waals surface area contributed by atoms with Crippen molar-refractivity contribution in [3.05, 3.63) is 71.8 Å². The first kappa shape index (κ1) is 23.3. The van der Waals surface area contributed by atoms with Gasteiger partial charge >= 0.3 is 0 Å². The van der Waals surface area contributed by atoms with Crippen LogP contribution in [0.5, 0.6) is 5.75 Å². The van der Waals surface area contributed by atoms with Crippen LogP contribution in [-0.2, 0) is 0 Å². The molecule has 1 N–H and O–H groups in total. The summed E-state index contributed by atoms with van der Waals surface area (Å²) >= 11 is 0. The molecule has 0 saturated heterocycles. The number of aromatic nitrogens is 3. The number of fused-ring (bicyclic) bond motifs is 1. The first-order chi connectivity index (χ1) is 16.4. The Bertz CT molecular complexity index is 1270. The minimum Gasteiger partial charge on any atom is -0.491 e. The number of anilines is 2. The topological polar surface area (TPSA) is 72.3 Å². The van der Waals surface area contributed by atoms with Crippen molar-refractivity contribution in [2.45, 2.75) is 40.7 Å². The molecule has 7 nitrogen and oxygen atoms in total. The van der Waals surface area contributed by atoms with E-state index in [4.69, 9.17) is 4.74 Å². The molecule has 4 aromatic rings. The van der Waals surface area contributed by atoms with Gasteiger partial charge in [-0.3, -0.25) is 4.79 Å². The van der Waals surface area contributed by atoms with Crippen molar-refractivity contribution in [2.24, 2.45) is 0 Å². The van der Waals surface area contributed by atoms with Crippen LogP contribution in [0.15, 0.2) is 60.7 Å². The fourth-order valence-corrected chi connectivity index (χ4v) is 3.86. The minimum atomic E-state index is -0.182. The van der Waals surface area contributed by atoms with Crippen LogP contribution in [0.1, 0.15) is 43.6 Å². The summed E-state index contributed by atoms with van der Waals surface area (Å²) in [5, 5.41) is 12.3. The Labute approximate surface area is 200 Å². The summed E-state index contributed by atoms with van der Waals surface area (Å²) in [5.41, 5.74) is 5.75.